The summed E-state index contributed by atoms with van der Waals surface area (Å²) in [5.74, 6) is -1.38. The molecule has 0 fully saturated rings. The summed E-state index contributed by atoms with van der Waals surface area (Å²) in [6.45, 7) is 3.47. The number of carbonyl (C=O) groups is 1. The number of halogens is 4. The van der Waals surface area contributed by atoms with E-state index in [1.807, 2.05) is 25.2 Å². The molecule has 0 saturated heterocycles. The Kier molecular flexibility index (Phi) is 8.81. The Labute approximate surface area is 227 Å². The number of hydrogen-bond donors (Lipinski definition) is 2. The van der Waals surface area contributed by atoms with Gasteiger partial charge in [-0.3, -0.25) is 5.32 Å². The maximum atomic E-state index is 14.7. The van der Waals surface area contributed by atoms with Gasteiger partial charge in [0.25, 0.3) is 0 Å². The van der Waals surface area contributed by atoms with E-state index in [0.717, 1.165) is 12.6 Å². The number of aromatic nitrogens is 1. The zero-order valence-corrected chi connectivity index (χ0v) is 22.4. The van der Waals surface area contributed by atoms with Crippen molar-refractivity contribution in [2.75, 3.05) is 25.5 Å². The lowest BCUT2D eigenvalue weighted by Crippen LogP contribution is -2.35. The number of nitrogens with zero attached hydrogens (tertiary/aromatic N) is 2. The first-order valence-corrected chi connectivity index (χ1v) is 13.0. The fraction of sp³-hybridized carbons (Fsp3) is 0.231. The normalized spacial score (nSPS) is 12.1. The van der Waals surface area contributed by atoms with E-state index in [-0.39, 0.29) is 21.4 Å². The molecule has 1 heterocycles. The molecular formula is C26H24Cl2F2N4O2S. The highest BCUT2D eigenvalue weighted by Crippen LogP contribution is 2.37. The molecule has 0 saturated carbocycles. The quantitative estimate of drug-likeness (QED) is 0.210. The van der Waals surface area contributed by atoms with Crippen molar-refractivity contribution in [2.45, 2.75) is 19.6 Å². The second-order valence-electron chi connectivity index (χ2n) is 8.39. The van der Waals surface area contributed by atoms with Gasteiger partial charge in [-0.25, -0.2) is 18.6 Å². The number of urea groups is 1. The number of likely N-dealkylation sites (N-methyl/N-ethyl adjacent to an activating group) is 1. The number of carbonyl (C=O) groups excluding carboxylic acids is 1. The number of ether oxygens (including phenoxy) is 1. The molecule has 6 nitrogen and oxygen atoms in total. The van der Waals surface area contributed by atoms with Crippen LogP contribution in [0.1, 0.15) is 24.2 Å². The van der Waals surface area contributed by atoms with Crippen LogP contribution in [0.3, 0.4) is 0 Å². The number of benzene rings is 3. The first kappa shape index (κ1) is 27.1. The van der Waals surface area contributed by atoms with Gasteiger partial charge in [0.15, 0.2) is 16.7 Å². The van der Waals surface area contributed by atoms with E-state index < -0.39 is 23.8 Å². The molecule has 0 radical (unpaired) electrons. The summed E-state index contributed by atoms with van der Waals surface area (Å²) in [7, 11) is 1.98. The van der Waals surface area contributed by atoms with Crippen LogP contribution in [0, 0.1) is 11.6 Å². The average Bonchev–Trinajstić information content (AvgIpc) is 3.23. The molecule has 4 rings (SSSR count). The van der Waals surface area contributed by atoms with Crippen LogP contribution in [-0.2, 0) is 6.54 Å². The number of thiazole rings is 1. The summed E-state index contributed by atoms with van der Waals surface area (Å²) in [5, 5.41) is 5.82. The molecule has 37 heavy (non-hydrogen) atoms. The van der Waals surface area contributed by atoms with Crippen molar-refractivity contribution in [3.05, 3.63) is 87.4 Å². The molecule has 2 N–H and O–H groups in total. The van der Waals surface area contributed by atoms with Gasteiger partial charge in [-0.2, -0.15) is 0 Å². The molecule has 1 atom stereocenters. The number of fused-ring (bicyclic) bond motifs is 1. The molecule has 0 aliphatic rings. The maximum Gasteiger partial charge on any atom is 0.321 e. The predicted octanol–water partition coefficient (Wildman–Crippen LogP) is 7.27. The fourth-order valence-electron chi connectivity index (χ4n) is 3.71. The molecule has 2 amide bonds. The smallest absolute Gasteiger partial charge is 0.321 e. The lowest BCUT2D eigenvalue weighted by molar-refractivity contribution is 0.216. The van der Waals surface area contributed by atoms with E-state index in [1.165, 1.54) is 35.1 Å². The van der Waals surface area contributed by atoms with Crippen LogP contribution < -0.4 is 15.4 Å². The number of nitrogens with one attached hydrogen (secondary N) is 2. The minimum absolute atomic E-state index is 0.0718. The molecule has 0 aliphatic heterocycles. The molecule has 1 aromatic heterocycles. The van der Waals surface area contributed by atoms with Gasteiger partial charge in [-0.05, 0) is 31.7 Å². The van der Waals surface area contributed by atoms with Gasteiger partial charge in [-0.15, -0.1) is 0 Å². The van der Waals surface area contributed by atoms with E-state index in [4.69, 9.17) is 27.9 Å². The largest absolute Gasteiger partial charge is 0.483 e. The number of amides is 2. The third kappa shape index (κ3) is 6.87. The van der Waals surface area contributed by atoms with Crippen molar-refractivity contribution in [3.63, 3.8) is 0 Å². The molecular weight excluding hydrogens is 541 g/mol. The first-order valence-electron chi connectivity index (χ1n) is 11.4. The van der Waals surface area contributed by atoms with E-state index in [0.29, 0.717) is 28.4 Å². The Hall–Kier alpha value is -2.98. The Bertz CT molecular complexity index is 1400. The highest BCUT2D eigenvalue weighted by Gasteiger charge is 2.21. The summed E-state index contributed by atoms with van der Waals surface area (Å²) in [4.78, 5) is 18.7. The standard InChI is InChI=1S/C26H24Cl2F2N4O2S/c1-15(23-17(27)8-9-18(29)24(23)28)36-21-13-22-20(12-19(21)30)32-26(37-22)33-25(35)31-10-11-34(2)14-16-6-4-3-5-7-16/h3-9,12-13,15H,10-11,14H2,1-2H3,(H2,31,32,33,35). The molecule has 0 bridgehead atoms. The van der Waals surface area contributed by atoms with Gasteiger partial charge < -0.3 is 15.0 Å². The second kappa shape index (κ2) is 12.0. The van der Waals surface area contributed by atoms with Crippen molar-refractivity contribution in [3.8, 4) is 5.75 Å². The predicted molar refractivity (Wildman–Crippen MR) is 145 cm³/mol. The van der Waals surface area contributed by atoms with E-state index in [9.17, 15) is 13.6 Å². The minimum atomic E-state index is -0.820. The SMILES string of the molecule is CC(Oc1cc2sc(NC(=O)NCCN(C)Cc3ccccc3)nc2cc1F)c1c(Cl)ccc(F)c1Cl. The van der Waals surface area contributed by atoms with Gasteiger partial charge in [0.2, 0.25) is 0 Å². The molecule has 1 unspecified atom stereocenters. The van der Waals surface area contributed by atoms with Crippen LogP contribution in [0.2, 0.25) is 10.0 Å². The second-order valence-corrected chi connectivity index (χ2v) is 10.2. The number of hydrogen-bond acceptors (Lipinski definition) is 5. The number of anilines is 1. The molecule has 194 valence electrons. The van der Waals surface area contributed by atoms with Crippen molar-refractivity contribution in [1.82, 2.24) is 15.2 Å². The highest BCUT2D eigenvalue weighted by molar-refractivity contribution is 7.22. The molecule has 4 aromatic rings. The van der Waals surface area contributed by atoms with Crippen LogP contribution in [-0.4, -0.2) is 36.1 Å². The van der Waals surface area contributed by atoms with Crippen LogP contribution in [0.25, 0.3) is 10.2 Å². The summed E-state index contributed by atoms with van der Waals surface area (Å²) < 4.78 is 35.0. The van der Waals surface area contributed by atoms with Gasteiger partial charge in [0.05, 0.1) is 15.2 Å². The van der Waals surface area contributed by atoms with Crippen molar-refractivity contribution in [2.24, 2.45) is 0 Å². The summed E-state index contributed by atoms with van der Waals surface area (Å²) in [6, 6.07) is 14.8. The van der Waals surface area contributed by atoms with Gasteiger partial charge in [0, 0.05) is 42.4 Å². The molecule has 11 heteroatoms. The lowest BCUT2D eigenvalue weighted by Gasteiger charge is -2.18. The van der Waals surface area contributed by atoms with E-state index in [1.54, 1.807) is 6.92 Å². The summed E-state index contributed by atoms with van der Waals surface area (Å²) >= 11 is 13.4. The van der Waals surface area contributed by atoms with Gasteiger partial charge in [-0.1, -0.05) is 64.9 Å². The zero-order chi connectivity index (χ0) is 26.5. The minimum Gasteiger partial charge on any atom is -0.483 e. The van der Waals surface area contributed by atoms with Crippen LogP contribution in [0.4, 0.5) is 18.7 Å². The number of rotatable bonds is 9. The van der Waals surface area contributed by atoms with Crippen LogP contribution in [0.15, 0.2) is 54.6 Å². The Morgan fingerprint density at radius 1 is 1.14 bits per heavy atom. The fourth-order valence-corrected chi connectivity index (χ4v) is 5.26. The summed E-state index contributed by atoms with van der Waals surface area (Å²) in [5.41, 5.74) is 1.78. The first-order chi connectivity index (χ1) is 17.7. The third-order valence-electron chi connectivity index (χ3n) is 5.53. The molecule has 0 spiro atoms. The van der Waals surface area contributed by atoms with E-state index in [2.05, 4.69) is 32.7 Å². The van der Waals surface area contributed by atoms with Crippen LogP contribution >= 0.6 is 34.5 Å². The van der Waals surface area contributed by atoms with E-state index >= 15 is 0 Å². The van der Waals surface area contributed by atoms with Gasteiger partial charge >= 0.3 is 6.03 Å². The molecule has 0 aliphatic carbocycles. The Balaban J connectivity index is 1.36. The topological polar surface area (TPSA) is 66.5 Å². The van der Waals surface area contributed by atoms with Crippen molar-refractivity contribution >= 4 is 55.9 Å². The lowest BCUT2D eigenvalue weighted by atomic mass is 10.1. The monoisotopic (exact) mass is 564 g/mol. The zero-order valence-electron chi connectivity index (χ0n) is 20.0. The van der Waals surface area contributed by atoms with Crippen molar-refractivity contribution in [1.29, 1.82) is 0 Å². The van der Waals surface area contributed by atoms with Crippen LogP contribution in [0.5, 0.6) is 5.75 Å². The highest BCUT2D eigenvalue weighted by atomic mass is 35.5. The Morgan fingerprint density at radius 3 is 2.65 bits per heavy atom. The summed E-state index contributed by atoms with van der Waals surface area (Å²) in [6.07, 6.45) is -0.820. The Morgan fingerprint density at radius 2 is 1.89 bits per heavy atom. The average molecular weight is 565 g/mol. The van der Waals surface area contributed by atoms with Gasteiger partial charge in [0.1, 0.15) is 11.9 Å². The maximum absolute atomic E-state index is 14.7. The van der Waals surface area contributed by atoms with Crippen molar-refractivity contribution < 1.29 is 18.3 Å². The third-order valence-corrected chi connectivity index (χ3v) is 7.17. The molecule has 3 aromatic carbocycles.